The summed E-state index contributed by atoms with van der Waals surface area (Å²) in [5, 5.41) is 0. The number of carbonyl (C=O) groups is 1. The summed E-state index contributed by atoms with van der Waals surface area (Å²) in [5.41, 5.74) is 5.20. The molecule has 2 aromatic carbocycles. The summed E-state index contributed by atoms with van der Waals surface area (Å²) in [6.07, 6.45) is 8.62. The number of fused-ring (bicyclic) bond motifs is 1. The number of ketones is 1. The van der Waals surface area contributed by atoms with Gasteiger partial charge in [-0.3, -0.25) is 4.79 Å². The molecule has 2 nitrogen and oxygen atoms in total. The molecule has 0 spiro atoms. The minimum absolute atomic E-state index is 0.229. The predicted octanol–water partition coefficient (Wildman–Crippen LogP) is 6.05. The monoisotopic (exact) mass is 346 g/mol. The molecule has 0 saturated heterocycles. The average molecular weight is 346 g/mol. The Balaban J connectivity index is 1.87. The highest BCUT2D eigenvalue weighted by Crippen LogP contribution is 2.44. The van der Waals surface area contributed by atoms with Gasteiger partial charge in [-0.2, -0.15) is 0 Å². The molecule has 2 heteroatoms. The molecule has 0 radical (unpaired) electrons. The van der Waals surface area contributed by atoms with E-state index in [-0.39, 0.29) is 5.78 Å². The number of methoxy groups -OCH3 is 1. The first-order valence-electron chi connectivity index (χ1n) is 9.82. The third-order valence-corrected chi connectivity index (χ3v) is 5.83. The first-order chi connectivity index (χ1) is 12.8. The van der Waals surface area contributed by atoms with Crippen LogP contribution in [0.5, 0.6) is 5.75 Å². The Bertz CT molecular complexity index is 825. The van der Waals surface area contributed by atoms with E-state index in [9.17, 15) is 4.79 Å². The van der Waals surface area contributed by atoms with Crippen molar-refractivity contribution in [3.63, 3.8) is 0 Å². The van der Waals surface area contributed by atoms with Crippen molar-refractivity contribution in [2.45, 2.75) is 44.9 Å². The van der Waals surface area contributed by atoms with Gasteiger partial charge in [0.2, 0.25) is 0 Å². The number of allylic oxidation sites excluding steroid dienone is 1. The van der Waals surface area contributed by atoms with Crippen molar-refractivity contribution in [1.82, 2.24) is 0 Å². The Kier molecular flexibility index (Phi) is 4.92. The molecule has 2 aliphatic carbocycles. The summed E-state index contributed by atoms with van der Waals surface area (Å²) in [4.78, 5) is 13.4. The topological polar surface area (TPSA) is 26.3 Å². The van der Waals surface area contributed by atoms with E-state index in [1.807, 2.05) is 24.3 Å². The minimum Gasteiger partial charge on any atom is -0.497 e. The molecule has 134 valence electrons. The summed E-state index contributed by atoms with van der Waals surface area (Å²) >= 11 is 0. The summed E-state index contributed by atoms with van der Waals surface area (Å²) in [6, 6.07) is 16.3. The van der Waals surface area contributed by atoms with Crippen LogP contribution in [0, 0.1) is 5.92 Å². The van der Waals surface area contributed by atoms with Gasteiger partial charge in [-0.05, 0) is 53.7 Å². The summed E-state index contributed by atoms with van der Waals surface area (Å²) < 4.78 is 5.44. The van der Waals surface area contributed by atoms with E-state index < -0.39 is 0 Å². The molecule has 4 rings (SSSR count). The van der Waals surface area contributed by atoms with Crippen LogP contribution in [0.3, 0.4) is 0 Å². The van der Waals surface area contributed by atoms with E-state index in [2.05, 4.69) is 24.3 Å². The van der Waals surface area contributed by atoms with Gasteiger partial charge in [-0.15, -0.1) is 0 Å². The van der Waals surface area contributed by atoms with Gasteiger partial charge in [0.15, 0.2) is 5.78 Å². The van der Waals surface area contributed by atoms with Gasteiger partial charge in [0, 0.05) is 11.1 Å². The molecule has 26 heavy (non-hydrogen) atoms. The van der Waals surface area contributed by atoms with Crippen LogP contribution < -0.4 is 4.74 Å². The number of Topliss-reactive ketones (excluding diaryl/α,β-unsaturated/α-hetero) is 1. The van der Waals surface area contributed by atoms with E-state index in [4.69, 9.17) is 4.74 Å². The molecular formula is C24H26O2. The lowest BCUT2D eigenvalue weighted by Gasteiger charge is -2.22. The Morgan fingerprint density at radius 1 is 0.846 bits per heavy atom. The molecular weight excluding hydrogens is 320 g/mol. The van der Waals surface area contributed by atoms with E-state index in [1.54, 1.807) is 7.11 Å². The van der Waals surface area contributed by atoms with Gasteiger partial charge in [-0.25, -0.2) is 0 Å². The highest BCUT2D eigenvalue weighted by atomic mass is 16.5. The molecule has 1 saturated carbocycles. The van der Waals surface area contributed by atoms with Gasteiger partial charge in [0.25, 0.3) is 0 Å². The summed E-state index contributed by atoms with van der Waals surface area (Å²) in [6.45, 7) is 0. The van der Waals surface area contributed by atoms with Gasteiger partial charge in [0.05, 0.1) is 7.11 Å². The van der Waals surface area contributed by atoms with Gasteiger partial charge >= 0.3 is 0 Å². The zero-order chi connectivity index (χ0) is 17.9. The zero-order valence-electron chi connectivity index (χ0n) is 15.5. The van der Waals surface area contributed by atoms with Gasteiger partial charge in [0.1, 0.15) is 5.75 Å². The van der Waals surface area contributed by atoms with Crippen LogP contribution in [-0.4, -0.2) is 12.9 Å². The van der Waals surface area contributed by atoms with Crippen molar-refractivity contribution < 1.29 is 9.53 Å². The fourth-order valence-corrected chi connectivity index (χ4v) is 4.51. The quantitative estimate of drug-likeness (QED) is 0.676. The smallest absolute Gasteiger partial charge is 0.190 e. The maximum Gasteiger partial charge on any atom is 0.190 e. The first-order valence-corrected chi connectivity index (χ1v) is 9.82. The molecule has 0 atom stereocenters. The second kappa shape index (κ2) is 7.49. The molecule has 0 heterocycles. The van der Waals surface area contributed by atoms with E-state index in [1.165, 1.54) is 32.1 Å². The Hall–Kier alpha value is -2.35. The van der Waals surface area contributed by atoms with Crippen LogP contribution >= 0.6 is 0 Å². The highest BCUT2D eigenvalue weighted by molar-refractivity contribution is 6.23. The summed E-state index contributed by atoms with van der Waals surface area (Å²) in [5.74, 6) is 1.41. The number of benzene rings is 2. The average Bonchev–Trinajstić information content (AvgIpc) is 2.94. The number of hydrogen-bond acceptors (Lipinski definition) is 2. The van der Waals surface area contributed by atoms with E-state index in [0.29, 0.717) is 5.92 Å². The molecule has 2 aliphatic rings. The predicted molar refractivity (Wildman–Crippen MR) is 106 cm³/mol. The van der Waals surface area contributed by atoms with Crippen LogP contribution in [0.2, 0.25) is 0 Å². The van der Waals surface area contributed by atoms with Crippen molar-refractivity contribution >= 4 is 11.4 Å². The summed E-state index contributed by atoms with van der Waals surface area (Å²) in [7, 11) is 1.68. The highest BCUT2D eigenvalue weighted by Gasteiger charge is 2.35. The van der Waals surface area contributed by atoms with Gasteiger partial charge < -0.3 is 4.74 Å². The Morgan fingerprint density at radius 2 is 1.54 bits per heavy atom. The molecule has 0 unspecified atom stereocenters. The standard InChI is InChI=1S/C24H26O2/c1-26-19-14-15-20-21(16-19)22(17-10-8-5-9-11-17)23(24(20)25)18-12-6-3-2-4-7-13-18/h5,8-11,14-16,18H,2-4,6-7,12-13H2,1H3. The second-order valence-electron chi connectivity index (χ2n) is 7.44. The lowest BCUT2D eigenvalue weighted by atomic mass is 9.82. The molecule has 0 N–H and O–H groups in total. The molecule has 0 aromatic heterocycles. The molecule has 0 aliphatic heterocycles. The Labute approximate surface area is 155 Å². The van der Waals surface area contributed by atoms with Gasteiger partial charge in [-0.1, -0.05) is 62.4 Å². The van der Waals surface area contributed by atoms with Crippen molar-refractivity contribution in [2.24, 2.45) is 5.92 Å². The Morgan fingerprint density at radius 3 is 2.23 bits per heavy atom. The molecule has 0 bridgehead atoms. The first kappa shape index (κ1) is 17.1. The lowest BCUT2D eigenvalue weighted by molar-refractivity contribution is 0.102. The van der Waals surface area contributed by atoms with Crippen LogP contribution in [0.4, 0.5) is 0 Å². The fraction of sp³-hybridized carbons (Fsp3) is 0.375. The van der Waals surface area contributed by atoms with Crippen molar-refractivity contribution in [1.29, 1.82) is 0 Å². The van der Waals surface area contributed by atoms with Crippen molar-refractivity contribution in [3.05, 3.63) is 70.8 Å². The lowest BCUT2D eigenvalue weighted by Crippen LogP contribution is -2.13. The van der Waals surface area contributed by atoms with Crippen LogP contribution in [0.1, 0.15) is 66.4 Å². The number of ether oxygens (including phenoxy) is 1. The maximum atomic E-state index is 13.4. The van der Waals surface area contributed by atoms with Crippen LogP contribution in [-0.2, 0) is 0 Å². The van der Waals surface area contributed by atoms with Crippen molar-refractivity contribution in [2.75, 3.05) is 7.11 Å². The number of carbonyl (C=O) groups excluding carboxylic acids is 1. The maximum absolute atomic E-state index is 13.4. The van der Waals surface area contributed by atoms with Crippen LogP contribution in [0.15, 0.2) is 54.1 Å². The zero-order valence-corrected chi connectivity index (χ0v) is 15.5. The third-order valence-electron chi connectivity index (χ3n) is 5.83. The normalized spacial score (nSPS) is 18.4. The van der Waals surface area contributed by atoms with Crippen molar-refractivity contribution in [3.8, 4) is 5.75 Å². The second-order valence-corrected chi connectivity index (χ2v) is 7.44. The largest absolute Gasteiger partial charge is 0.497 e. The van der Waals surface area contributed by atoms with E-state index in [0.717, 1.165) is 46.4 Å². The SMILES string of the molecule is COc1ccc2c(c1)C(c1ccccc1)=C(C1CCCCCCC1)C2=O. The minimum atomic E-state index is 0.229. The third kappa shape index (κ3) is 3.09. The number of rotatable bonds is 3. The fourth-order valence-electron chi connectivity index (χ4n) is 4.51. The number of hydrogen-bond donors (Lipinski definition) is 0. The molecule has 2 aromatic rings. The molecule has 1 fully saturated rings. The van der Waals surface area contributed by atoms with Crippen LogP contribution in [0.25, 0.3) is 5.57 Å². The van der Waals surface area contributed by atoms with E-state index >= 15 is 0 Å². The molecule has 0 amide bonds.